The third kappa shape index (κ3) is 2.47. The lowest BCUT2D eigenvalue weighted by atomic mass is 9.93. The maximum absolute atomic E-state index is 11.6. The fourth-order valence-corrected chi connectivity index (χ4v) is 3.60. The second-order valence-corrected chi connectivity index (χ2v) is 6.15. The van der Waals surface area contributed by atoms with E-state index in [0.29, 0.717) is 31.1 Å². The Morgan fingerprint density at radius 1 is 1.62 bits per heavy atom. The molecule has 0 amide bonds. The number of carbonyl (C=O) groups is 1. The van der Waals surface area contributed by atoms with Crippen LogP contribution in [-0.4, -0.2) is 38.2 Å². The van der Waals surface area contributed by atoms with E-state index in [-0.39, 0.29) is 0 Å². The van der Waals surface area contributed by atoms with Crippen LogP contribution in [0.2, 0.25) is 0 Å². The van der Waals surface area contributed by atoms with Gasteiger partial charge in [0.25, 0.3) is 0 Å². The van der Waals surface area contributed by atoms with Gasteiger partial charge in [-0.1, -0.05) is 18.1 Å². The van der Waals surface area contributed by atoms with Crippen LogP contribution in [0.4, 0.5) is 0 Å². The second-order valence-electron chi connectivity index (χ2n) is 5.20. The molecule has 1 aliphatic heterocycles. The molecule has 2 aromatic heterocycles. The largest absolute Gasteiger partial charge is 0.480 e. The highest BCUT2D eigenvalue weighted by molar-refractivity contribution is 7.13. The molecule has 3 heterocycles. The predicted molar refractivity (Wildman–Crippen MR) is 77.9 cm³/mol. The molecule has 112 valence electrons. The number of aromatic nitrogens is 2. The van der Waals surface area contributed by atoms with Crippen molar-refractivity contribution in [2.75, 3.05) is 6.54 Å². The first-order chi connectivity index (χ1) is 10.2. The summed E-state index contributed by atoms with van der Waals surface area (Å²) in [6.07, 6.45) is 2.13. The lowest BCUT2D eigenvalue weighted by Crippen LogP contribution is -2.49. The number of hydrogen-bond acceptors (Lipinski definition) is 6. The molecule has 1 unspecified atom stereocenters. The first kappa shape index (κ1) is 14.2. The molecule has 1 N–H and O–H groups in total. The summed E-state index contributed by atoms with van der Waals surface area (Å²) in [6.45, 7) is 3.05. The first-order valence-corrected chi connectivity index (χ1v) is 7.88. The zero-order valence-electron chi connectivity index (χ0n) is 11.8. The highest BCUT2D eigenvalue weighted by atomic mass is 32.1. The van der Waals surface area contributed by atoms with Crippen molar-refractivity contribution in [1.29, 1.82) is 0 Å². The molecule has 7 heteroatoms. The Labute approximate surface area is 126 Å². The van der Waals surface area contributed by atoms with E-state index in [1.807, 2.05) is 29.3 Å². The van der Waals surface area contributed by atoms with Gasteiger partial charge >= 0.3 is 5.97 Å². The molecular weight excluding hydrogens is 290 g/mol. The maximum atomic E-state index is 11.6. The summed E-state index contributed by atoms with van der Waals surface area (Å²) in [7, 11) is 0. The van der Waals surface area contributed by atoms with E-state index < -0.39 is 11.5 Å². The van der Waals surface area contributed by atoms with Gasteiger partial charge in [-0.3, -0.25) is 9.69 Å². The van der Waals surface area contributed by atoms with Gasteiger partial charge in [0.15, 0.2) is 0 Å². The van der Waals surface area contributed by atoms with Gasteiger partial charge in [0.2, 0.25) is 11.7 Å². The molecule has 0 spiro atoms. The molecule has 0 aromatic carbocycles. The van der Waals surface area contributed by atoms with Crippen molar-refractivity contribution >= 4 is 17.3 Å². The van der Waals surface area contributed by atoms with E-state index in [0.717, 1.165) is 17.8 Å². The smallest absolute Gasteiger partial charge is 0.324 e. The van der Waals surface area contributed by atoms with Crippen LogP contribution in [0.5, 0.6) is 0 Å². The number of thiophene rings is 1. The highest BCUT2D eigenvalue weighted by Crippen LogP contribution is 2.34. The zero-order valence-corrected chi connectivity index (χ0v) is 12.6. The summed E-state index contributed by atoms with van der Waals surface area (Å²) in [5, 5.41) is 15.5. The van der Waals surface area contributed by atoms with Crippen molar-refractivity contribution in [3.8, 4) is 10.7 Å². The van der Waals surface area contributed by atoms with Gasteiger partial charge in [-0.25, -0.2) is 0 Å². The van der Waals surface area contributed by atoms with Crippen molar-refractivity contribution in [2.24, 2.45) is 0 Å². The molecule has 0 aliphatic carbocycles. The monoisotopic (exact) mass is 307 g/mol. The second kappa shape index (κ2) is 5.57. The van der Waals surface area contributed by atoms with Gasteiger partial charge in [0.1, 0.15) is 5.54 Å². The fourth-order valence-electron chi connectivity index (χ4n) is 2.95. The molecule has 0 saturated carbocycles. The van der Waals surface area contributed by atoms with Crippen LogP contribution in [0.25, 0.3) is 10.7 Å². The zero-order chi connectivity index (χ0) is 14.9. The molecule has 1 saturated heterocycles. The average molecular weight is 307 g/mol. The van der Waals surface area contributed by atoms with Gasteiger partial charge in [-0.15, -0.1) is 11.3 Å². The van der Waals surface area contributed by atoms with Crippen LogP contribution >= 0.6 is 11.3 Å². The molecular formula is C14H17N3O3S. The Hall–Kier alpha value is -1.73. The summed E-state index contributed by atoms with van der Waals surface area (Å²) in [5.74, 6) is 0.275. The van der Waals surface area contributed by atoms with Crippen molar-refractivity contribution < 1.29 is 14.4 Å². The van der Waals surface area contributed by atoms with E-state index in [2.05, 4.69) is 10.1 Å². The summed E-state index contributed by atoms with van der Waals surface area (Å²) >= 11 is 1.55. The lowest BCUT2D eigenvalue weighted by molar-refractivity contribution is -0.150. The van der Waals surface area contributed by atoms with E-state index in [9.17, 15) is 9.90 Å². The summed E-state index contributed by atoms with van der Waals surface area (Å²) in [5.41, 5.74) is -0.794. The van der Waals surface area contributed by atoms with Crippen LogP contribution in [-0.2, 0) is 11.3 Å². The van der Waals surface area contributed by atoms with Crippen LogP contribution in [0.1, 0.15) is 32.1 Å². The molecule has 1 atom stereocenters. The van der Waals surface area contributed by atoms with Crippen molar-refractivity contribution in [1.82, 2.24) is 15.0 Å². The third-order valence-electron chi connectivity index (χ3n) is 4.14. The van der Waals surface area contributed by atoms with Crippen molar-refractivity contribution in [3.05, 3.63) is 23.4 Å². The van der Waals surface area contributed by atoms with Crippen LogP contribution in [0, 0.1) is 0 Å². The van der Waals surface area contributed by atoms with E-state index in [4.69, 9.17) is 4.52 Å². The van der Waals surface area contributed by atoms with Crippen LogP contribution < -0.4 is 0 Å². The minimum Gasteiger partial charge on any atom is -0.480 e. The SMILES string of the molecule is CCC1(C(=O)O)CCCN1Cc1nc(-c2cccs2)no1. The van der Waals surface area contributed by atoms with E-state index in [1.54, 1.807) is 11.3 Å². The maximum Gasteiger partial charge on any atom is 0.324 e. The third-order valence-corrected chi connectivity index (χ3v) is 5.01. The number of likely N-dealkylation sites (tertiary alicyclic amines) is 1. The van der Waals surface area contributed by atoms with Gasteiger partial charge in [0.05, 0.1) is 11.4 Å². The number of rotatable bonds is 5. The number of hydrogen-bond donors (Lipinski definition) is 1. The molecule has 0 bridgehead atoms. The Kier molecular flexibility index (Phi) is 3.77. The molecule has 1 aliphatic rings. The number of nitrogens with zero attached hydrogens (tertiary/aromatic N) is 3. The normalized spacial score (nSPS) is 22.7. The molecule has 21 heavy (non-hydrogen) atoms. The van der Waals surface area contributed by atoms with Crippen molar-refractivity contribution in [2.45, 2.75) is 38.3 Å². The molecule has 1 fully saturated rings. The number of aliphatic carboxylic acids is 1. The predicted octanol–water partition coefficient (Wildman–Crippen LogP) is 2.63. The Morgan fingerprint density at radius 2 is 2.48 bits per heavy atom. The van der Waals surface area contributed by atoms with Gasteiger partial charge in [0, 0.05) is 0 Å². The minimum absolute atomic E-state index is 0.387. The minimum atomic E-state index is -0.794. The van der Waals surface area contributed by atoms with Crippen LogP contribution in [0.3, 0.4) is 0 Å². The highest BCUT2D eigenvalue weighted by Gasteiger charge is 2.46. The molecule has 0 radical (unpaired) electrons. The average Bonchev–Trinajstić information content (AvgIpc) is 3.19. The fraction of sp³-hybridized carbons (Fsp3) is 0.500. The standard InChI is InChI=1S/C14H17N3O3S/c1-2-14(13(18)19)6-4-7-17(14)9-11-15-12(16-20-11)10-5-3-8-21-10/h3,5,8H,2,4,6-7,9H2,1H3,(H,18,19). The Morgan fingerprint density at radius 3 is 3.14 bits per heavy atom. The summed E-state index contributed by atoms with van der Waals surface area (Å²) < 4.78 is 5.28. The first-order valence-electron chi connectivity index (χ1n) is 7.00. The topological polar surface area (TPSA) is 79.5 Å². The molecule has 3 rings (SSSR count). The number of carboxylic acids is 1. The summed E-state index contributed by atoms with van der Waals surface area (Å²) in [4.78, 5) is 18.9. The Balaban J connectivity index is 1.79. The lowest BCUT2D eigenvalue weighted by Gasteiger charge is -2.32. The van der Waals surface area contributed by atoms with Crippen molar-refractivity contribution in [3.63, 3.8) is 0 Å². The summed E-state index contributed by atoms with van der Waals surface area (Å²) in [6, 6.07) is 3.87. The van der Waals surface area contributed by atoms with Crippen LogP contribution in [0.15, 0.2) is 22.0 Å². The Bertz CT molecular complexity index is 625. The van der Waals surface area contributed by atoms with E-state index >= 15 is 0 Å². The quantitative estimate of drug-likeness (QED) is 0.914. The van der Waals surface area contributed by atoms with E-state index in [1.165, 1.54) is 0 Å². The van der Waals surface area contributed by atoms with Gasteiger partial charge in [-0.2, -0.15) is 4.98 Å². The van der Waals surface area contributed by atoms with Gasteiger partial charge < -0.3 is 9.63 Å². The molecule has 2 aromatic rings. The molecule has 6 nitrogen and oxygen atoms in total. The van der Waals surface area contributed by atoms with Gasteiger partial charge in [-0.05, 0) is 37.3 Å². The number of carboxylic acid groups (broad SMARTS) is 1.